The van der Waals surface area contributed by atoms with Gasteiger partial charge in [-0.05, 0) is 61.9 Å². The molecule has 2 N–H and O–H groups in total. The van der Waals surface area contributed by atoms with Crippen LogP contribution in [0.2, 0.25) is 0 Å². The molecule has 8 heteroatoms. The first-order valence-corrected chi connectivity index (χ1v) is 12.2. The van der Waals surface area contributed by atoms with E-state index in [1.807, 2.05) is 30.3 Å². The van der Waals surface area contributed by atoms with E-state index < -0.39 is 6.04 Å². The van der Waals surface area contributed by atoms with Gasteiger partial charge < -0.3 is 14.6 Å². The lowest BCUT2D eigenvalue weighted by Gasteiger charge is -2.29. The van der Waals surface area contributed by atoms with Crippen LogP contribution in [0.3, 0.4) is 0 Å². The zero-order valence-electron chi connectivity index (χ0n) is 18.1. The van der Waals surface area contributed by atoms with Crippen molar-refractivity contribution in [1.29, 1.82) is 0 Å². The zero-order valence-corrected chi connectivity index (χ0v) is 18.9. The van der Waals surface area contributed by atoms with Crippen LogP contribution >= 0.6 is 11.8 Å². The number of rotatable bonds is 8. The van der Waals surface area contributed by atoms with Crippen molar-refractivity contribution in [2.45, 2.75) is 68.4 Å². The normalized spacial score (nSPS) is 21.6. The lowest BCUT2D eigenvalue weighted by atomic mass is 10.0. The molecule has 0 radical (unpaired) electrons. The lowest BCUT2D eigenvalue weighted by molar-refractivity contribution is -0.136. The highest BCUT2D eigenvalue weighted by molar-refractivity contribution is 7.98. The van der Waals surface area contributed by atoms with Crippen molar-refractivity contribution >= 4 is 29.5 Å². The van der Waals surface area contributed by atoms with Crippen LogP contribution in [0.15, 0.2) is 39.6 Å². The first-order chi connectivity index (χ1) is 15.5. The Morgan fingerprint density at radius 1 is 1.16 bits per heavy atom. The van der Waals surface area contributed by atoms with Crippen molar-refractivity contribution in [3.63, 3.8) is 0 Å². The molecule has 1 aliphatic carbocycles. The summed E-state index contributed by atoms with van der Waals surface area (Å²) in [6, 6.07) is 9.66. The number of amides is 3. The van der Waals surface area contributed by atoms with Crippen molar-refractivity contribution in [2.75, 3.05) is 0 Å². The van der Waals surface area contributed by atoms with Gasteiger partial charge in [-0.25, -0.2) is 0 Å². The number of imide groups is 1. The van der Waals surface area contributed by atoms with Gasteiger partial charge in [0.15, 0.2) is 0 Å². The highest BCUT2D eigenvalue weighted by Crippen LogP contribution is 2.36. The van der Waals surface area contributed by atoms with E-state index in [0.717, 1.165) is 34.4 Å². The van der Waals surface area contributed by atoms with Gasteiger partial charge in [0.05, 0.1) is 12.3 Å². The summed E-state index contributed by atoms with van der Waals surface area (Å²) in [5, 5.41) is 5.88. The van der Waals surface area contributed by atoms with E-state index in [0.29, 0.717) is 30.3 Å². The number of carbonyl (C=O) groups excluding carboxylic acids is 3. The maximum Gasteiger partial charge on any atom is 0.255 e. The Bertz CT molecular complexity index is 1060. The van der Waals surface area contributed by atoms with Crippen LogP contribution in [0.25, 0.3) is 0 Å². The van der Waals surface area contributed by atoms with Gasteiger partial charge in [-0.15, -0.1) is 11.8 Å². The molecule has 1 aromatic heterocycles. The number of piperidine rings is 1. The number of hydrogen-bond donors (Lipinski definition) is 2. The van der Waals surface area contributed by atoms with Gasteiger partial charge in [-0.1, -0.05) is 6.07 Å². The molecule has 2 atom stereocenters. The summed E-state index contributed by atoms with van der Waals surface area (Å²) in [6.45, 7) is 3.35. The topological polar surface area (TPSA) is 91.7 Å². The number of fused-ring (bicyclic) bond motifs is 1. The van der Waals surface area contributed by atoms with E-state index in [4.69, 9.17) is 4.42 Å². The molecule has 32 heavy (non-hydrogen) atoms. The summed E-state index contributed by atoms with van der Waals surface area (Å²) >= 11 is 1.64. The fraction of sp³-hybridized carbons (Fsp3) is 0.458. The van der Waals surface area contributed by atoms with Crippen molar-refractivity contribution in [3.05, 3.63) is 53.0 Å². The molecule has 7 nitrogen and oxygen atoms in total. The summed E-state index contributed by atoms with van der Waals surface area (Å²) in [5.74, 6) is 2.50. The third-order valence-electron chi connectivity index (χ3n) is 6.55. The molecule has 3 aliphatic rings. The molecule has 0 spiro atoms. The summed E-state index contributed by atoms with van der Waals surface area (Å²) in [6.07, 6.45) is 3.26. The quantitative estimate of drug-likeness (QED) is 0.471. The van der Waals surface area contributed by atoms with Gasteiger partial charge >= 0.3 is 0 Å². The van der Waals surface area contributed by atoms with E-state index in [9.17, 15) is 14.4 Å². The fourth-order valence-corrected chi connectivity index (χ4v) is 5.44. The third kappa shape index (κ3) is 4.34. The first kappa shape index (κ1) is 21.3. The van der Waals surface area contributed by atoms with Crippen molar-refractivity contribution in [2.24, 2.45) is 5.92 Å². The minimum absolute atomic E-state index is 0.145. The molecule has 5 rings (SSSR count). The standard InChI is InChI=1S/C24H27N3O4S/c1-14(15-5-6-15)25-11-16-7-8-17(31-16)13-32-21-4-2-3-18-19(21)12-27(24(18)30)20-9-10-22(28)26-23(20)29/h2-4,7-8,14-15,20,25H,5-6,9-13H2,1H3,(H,26,28,29). The number of furan rings is 1. The molecule has 2 aliphatic heterocycles. The van der Waals surface area contributed by atoms with Crippen LogP contribution in [-0.4, -0.2) is 34.7 Å². The number of thioether (sulfide) groups is 1. The zero-order chi connectivity index (χ0) is 22.2. The molecule has 0 bridgehead atoms. The SMILES string of the molecule is CC(NCc1ccc(CSc2cccc3c2CN(C2CCC(=O)NC2=O)C3=O)o1)C1CC1. The molecule has 2 unspecified atom stereocenters. The van der Waals surface area contributed by atoms with Crippen LogP contribution < -0.4 is 10.6 Å². The van der Waals surface area contributed by atoms with Crippen molar-refractivity contribution in [1.82, 2.24) is 15.5 Å². The minimum atomic E-state index is -0.594. The van der Waals surface area contributed by atoms with Gasteiger partial charge in [0.2, 0.25) is 11.8 Å². The molecule has 1 saturated carbocycles. The highest BCUT2D eigenvalue weighted by Gasteiger charge is 2.39. The number of hydrogen-bond acceptors (Lipinski definition) is 6. The Morgan fingerprint density at radius 3 is 2.75 bits per heavy atom. The van der Waals surface area contributed by atoms with Crippen LogP contribution in [0.1, 0.15) is 60.0 Å². The van der Waals surface area contributed by atoms with Gasteiger partial charge in [0.25, 0.3) is 5.91 Å². The summed E-state index contributed by atoms with van der Waals surface area (Å²) in [4.78, 5) is 39.3. The summed E-state index contributed by atoms with van der Waals surface area (Å²) in [7, 11) is 0. The second-order valence-corrected chi connectivity index (χ2v) is 9.86. The van der Waals surface area contributed by atoms with Crippen LogP contribution in [0.5, 0.6) is 0 Å². The van der Waals surface area contributed by atoms with Gasteiger partial charge in [-0.2, -0.15) is 0 Å². The van der Waals surface area contributed by atoms with Crippen molar-refractivity contribution in [3.8, 4) is 0 Å². The van der Waals surface area contributed by atoms with Gasteiger partial charge in [-0.3, -0.25) is 19.7 Å². The van der Waals surface area contributed by atoms with Gasteiger partial charge in [0.1, 0.15) is 17.6 Å². The van der Waals surface area contributed by atoms with Gasteiger partial charge in [0, 0.05) is 29.5 Å². The van der Waals surface area contributed by atoms with Crippen LogP contribution in [0.4, 0.5) is 0 Å². The van der Waals surface area contributed by atoms with Crippen LogP contribution in [0, 0.1) is 5.92 Å². The summed E-state index contributed by atoms with van der Waals surface area (Å²) < 4.78 is 5.99. The largest absolute Gasteiger partial charge is 0.464 e. The Kier molecular flexibility index (Phi) is 5.82. The molecule has 3 amide bonds. The molecule has 2 fully saturated rings. The fourth-order valence-electron chi connectivity index (χ4n) is 4.46. The Hall–Kier alpha value is -2.58. The van der Waals surface area contributed by atoms with E-state index in [1.54, 1.807) is 16.7 Å². The highest BCUT2D eigenvalue weighted by atomic mass is 32.2. The second kappa shape index (κ2) is 8.75. The van der Waals surface area contributed by atoms with Crippen LogP contribution in [-0.2, 0) is 28.4 Å². The third-order valence-corrected chi connectivity index (χ3v) is 7.68. The predicted molar refractivity (Wildman–Crippen MR) is 120 cm³/mol. The maximum absolute atomic E-state index is 13.0. The minimum Gasteiger partial charge on any atom is -0.464 e. The second-order valence-electron chi connectivity index (χ2n) is 8.85. The van der Waals surface area contributed by atoms with E-state index in [1.165, 1.54) is 12.8 Å². The molecule has 1 saturated heterocycles. The average Bonchev–Trinajstić information content (AvgIpc) is 3.45. The molecular formula is C24H27N3O4S. The Morgan fingerprint density at radius 2 is 1.97 bits per heavy atom. The molecule has 2 aromatic rings. The number of benzene rings is 1. The van der Waals surface area contributed by atoms with Crippen molar-refractivity contribution < 1.29 is 18.8 Å². The maximum atomic E-state index is 13.0. The van der Waals surface area contributed by atoms with E-state index >= 15 is 0 Å². The molecular weight excluding hydrogens is 426 g/mol. The predicted octanol–water partition coefficient (Wildman–Crippen LogP) is 3.22. The average molecular weight is 454 g/mol. The monoisotopic (exact) mass is 453 g/mol. The summed E-state index contributed by atoms with van der Waals surface area (Å²) in [5.41, 5.74) is 1.58. The molecule has 1 aromatic carbocycles. The first-order valence-electron chi connectivity index (χ1n) is 11.2. The Balaban J connectivity index is 1.22. The smallest absolute Gasteiger partial charge is 0.255 e. The van der Waals surface area contributed by atoms with E-state index in [-0.39, 0.29) is 24.1 Å². The Labute approximate surface area is 191 Å². The number of carbonyl (C=O) groups is 3. The van der Waals surface area contributed by atoms with E-state index in [2.05, 4.69) is 17.6 Å². The molecule has 3 heterocycles. The number of nitrogens with zero attached hydrogens (tertiary/aromatic N) is 1. The number of nitrogens with one attached hydrogen (secondary N) is 2. The molecule has 168 valence electrons. The lowest BCUT2D eigenvalue weighted by Crippen LogP contribution is -2.52.